The van der Waals surface area contributed by atoms with Gasteiger partial charge in [0.1, 0.15) is 5.01 Å². The van der Waals surface area contributed by atoms with Crippen molar-refractivity contribution in [1.82, 2.24) is 4.98 Å². The molecule has 0 amide bonds. The van der Waals surface area contributed by atoms with Crippen molar-refractivity contribution in [2.75, 3.05) is 5.73 Å². The molecule has 1 aromatic carbocycles. The average Bonchev–Trinajstić information content (AvgIpc) is 2.61. The highest BCUT2D eigenvalue weighted by molar-refractivity contribution is 7.15. The lowest BCUT2D eigenvalue weighted by Gasteiger charge is -1.96. The minimum absolute atomic E-state index is 0.794. The van der Waals surface area contributed by atoms with Crippen molar-refractivity contribution in [3.8, 4) is 10.6 Å². The predicted octanol–water partition coefficient (Wildman–Crippen LogP) is 3.26. The summed E-state index contributed by atoms with van der Waals surface area (Å²) in [7, 11) is 0. The Hall–Kier alpha value is -1.35. The van der Waals surface area contributed by atoms with Crippen molar-refractivity contribution in [2.45, 2.75) is 20.3 Å². The minimum Gasteiger partial charge on any atom is -0.399 e. The number of nitrogen functional groups attached to an aromatic ring is 1. The summed E-state index contributed by atoms with van der Waals surface area (Å²) < 4.78 is 0. The van der Waals surface area contributed by atoms with E-state index in [4.69, 9.17) is 5.73 Å². The Labute approximate surface area is 93.8 Å². The van der Waals surface area contributed by atoms with Crippen LogP contribution in [-0.4, -0.2) is 4.98 Å². The maximum atomic E-state index is 5.65. The van der Waals surface area contributed by atoms with Crippen LogP contribution < -0.4 is 5.73 Å². The number of aryl methyl sites for hydroxylation is 2. The number of nitrogens with zero attached hydrogens (tertiary/aromatic N) is 1. The number of thiazole rings is 1. The van der Waals surface area contributed by atoms with Gasteiger partial charge in [0.2, 0.25) is 0 Å². The van der Waals surface area contributed by atoms with Gasteiger partial charge in [-0.3, -0.25) is 0 Å². The predicted molar refractivity (Wildman–Crippen MR) is 66.1 cm³/mol. The van der Waals surface area contributed by atoms with Gasteiger partial charge in [-0.2, -0.15) is 0 Å². The third kappa shape index (κ3) is 2.02. The van der Waals surface area contributed by atoms with Gasteiger partial charge in [-0.25, -0.2) is 4.98 Å². The first-order chi connectivity index (χ1) is 7.20. The van der Waals surface area contributed by atoms with Crippen molar-refractivity contribution in [1.29, 1.82) is 0 Å². The molecule has 2 N–H and O–H groups in total. The second-order valence-electron chi connectivity index (χ2n) is 3.50. The van der Waals surface area contributed by atoms with Gasteiger partial charge < -0.3 is 5.73 Å². The van der Waals surface area contributed by atoms with Gasteiger partial charge in [0.05, 0.1) is 5.69 Å². The average molecular weight is 218 g/mol. The van der Waals surface area contributed by atoms with E-state index in [0.29, 0.717) is 0 Å². The van der Waals surface area contributed by atoms with Crippen molar-refractivity contribution in [2.24, 2.45) is 0 Å². The Morgan fingerprint density at radius 1 is 1.27 bits per heavy atom. The minimum atomic E-state index is 0.794. The van der Waals surface area contributed by atoms with Crippen LogP contribution in [0.3, 0.4) is 0 Å². The molecule has 0 saturated carbocycles. The Balaban J connectivity index is 2.41. The molecule has 15 heavy (non-hydrogen) atoms. The van der Waals surface area contributed by atoms with Crippen LogP contribution in [-0.2, 0) is 6.42 Å². The van der Waals surface area contributed by atoms with E-state index in [1.165, 1.54) is 10.6 Å². The maximum Gasteiger partial charge on any atom is 0.123 e. The molecule has 0 saturated heterocycles. The fourth-order valence-electron chi connectivity index (χ4n) is 1.51. The lowest BCUT2D eigenvalue weighted by atomic mass is 10.2. The molecule has 1 heterocycles. The first kappa shape index (κ1) is 10.2. The van der Waals surface area contributed by atoms with E-state index < -0.39 is 0 Å². The molecule has 3 heteroatoms. The second-order valence-corrected chi connectivity index (χ2v) is 4.70. The summed E-state index contributed by atoms with van der Waals surface area (Å²) in [6, 6.07) is 7.87. The molecule has 0 aliphatic heterocycles. The zero-order valence-corrected chi connectivity index (χ0v) is 9.77. The molecule has 0 spiro atoms. The van der Waals surface area contributed by atoms with Gasteiger partial charge in [0, 0.05) is 16.1 Å². The third-order valence-electron chi connectivity index (χ3n) is 2.39. The van der Waals surface area contributed by atoms with Crippen LogP contribution in [0, 0.1) is 6.92 Å². The van der Waals surface area contributed by atoms with Gasteiger partial charge in [0.15, 0.2) is 0 Å². The molecule has 2 rings (SSSR count). The van der Waals surface area contributed by atoms with Crippen molar-refractivity contribution < 1.29 is 0 Å². The molecule has 78 valence electrons. The van der Waals surface area contributed by atoms with E-state index in [-0.39, 0.29) is 0 Å². The molecule has 0 bridgehead atoms. The van der Waals surface area contributed by atoms with Crippen molar-refractivity contribution in [3.63, 3.8) is 0 Å². The van der Waals surface area contributed by atoms with E-state index in [2.05, 4.69) is 18.8 Å². The standard InChI is InChI=1S/C12H14N2S/c1-3-11-8(2)15-12(14-11)9-4-6-10(13)7-5-9/h4-7H,3,13H2,1-2H3. The molecule has 0 aliphatic rings. The molecular weight excluding hydrogens is 204 g/mol. The van der Waals surface area contributed by atoms with Crippen LogP contribution in [0.25, 0.3) is 10.6 Å². The zero-order valence-electron chi connectivity index (χ0n) is 8.95. The van der Waals surface area contributed by atoms with Gasteiger partial charge in [0.25, 0.3) is 0 Å². The Kier molecular flexibility index (Phi) is 2.73. The van der Waals surface area contributed by atoms with E-state index in [1.54, 1.807) is 11.3 Å². The van der Waals surface area contributed by atoms with Crippen LogP contribution in [0.1, 0.15) is 17.5 Å². The number of hydrogen-bond donors (Lipinski definition) is 1. The van der Waals surface area contributed by atoms with Crippen LogP contribution in [0.15, 0.2) is 24.3 Å². The first-order valence-corrected chi connectivity index (χ1v) is 5.84. The number of aromatic nitrogens is 1. The van der Waals surface area contributed by atoms with Crippen molar-refractivity contribution >= 4 is 17.0 Å². The molecule has 0 aliphatic carbocycles. The molecular formula is C12H14N2S. The number of hydrogen-bond acceptors (Lipinski definition) is 3. The van der Waals surface area contributed by atoms with E-state index in [9.17, 15) is 0 Å². The fraction of sp³-hybridized carbons (Fsp3) is 0.250. The number of anilines is 1. The van der Waals surface area contributed by atoms with Crippen LogP contribution >= 0.6 is 11.3 Å². The van der Waals surface area contributed by atoms with Gasteiger partial charge in [-0.15, -0.1) is 11.3 Å². The van der Waals surface area contributed by atoms with E-state index in [0.717, 1.165) is 22.7 Å². The highest BCUT2D eigenvalue weighted by atomic mass is 32.1. The molecule has 1 aromatic heterocycles. The SMILES string of the molecule is CCc1nc(-c2ccc(N)cc2)sc1C. The fourth-order valence-corrected chi connectivity index (χ4v) is 2.51. The van der Waals surface area contributed by atoms with Crippen LogP contribution in [0.2, 0.25) is 0 Å². The lowest BCUT2D eigenvalue weighted by Crippen LogP contribution is -1.85. The summed E-state index contributed by atoms with van der Waals surface area (Å²) in [5, 5.41) is 1.09. The summed E-state index contributed by atoms with van der Waals surface area (Å²) in [6.45, 7) is 4.26. The quantitative estimate of drug-likeness (QED) is 0.786. The summed E-state index contributed by atoms with van der Waals surface area (Å²) >= 11 is 1.75. The highest BCUT2D eigenvalue weighted by Crippen LogP contribution is 2.28. The van der Waals surface area contributed by atoms with Gasteiger partial charge in [-0.05, 0) is 37.6 Å². The second kappa shape index (κ2) is 4.03. The number of rotatable bonds is 2. The summed E-state index contributed by atoms with van der Waals surface area (Å²) in [5.74, 6) is 0. The molecule has 0 unspecified atom stereocenters. The molecule has 0 radical (unpaired) electrons. The first-order valence-electron chi connectivity index (χ1n) is 5.03. The summed E-state index contributed by atoms with van der Waals surface area (Å²) in [4.78, 5) is 5.92. The van der Waals surface area contributed by atoms with E-state index in [1.807, 2.05) is 24.3 Å². The highest BCUT2D eigenvalue weighted by Gasteiger charge is 2.07. The number of benzene rings is 1. The Bertz CT molecular complexity index is 457. The van der Waals surface area contributed by atoms with Gasteiger partial charge in [-0.1, -0.05) is 6.92 Å². The van der Waals surface area contributed by atoms with Crippen LogP contribution in [0.5, 0.6) is 0 Å². The topological polar surface area (TPSA) is 38.9 Å². The Morgan fingerprint density at radius 2 is 1.93 bits per heavy atom. The molecule has 2 aromatic rings. The lowest BCUT2D eigenvalue weighted by molar-refractivity contribution is 1.05. The molecule has 0 fully saturated rings. The largest absolute Gasteiger partial charge is 0.399 e. The van der Waals surface area contributed by atoms with E-state index >= 15 is 0 Å². The summed E-state index contributed by atoms with van der Waals surface area (Å²) in [6.07, 6.45) is 0.997. The van der Waals surface area contributed by atoms with Crippen LogP contribution in [0.4, 0.5) is 5.69 Å². The smallest absolute Gasteiger partial charge is 0.123 e. The normalized spacial score (nSPS) is 10.5. The molecule has 0 atom stereocenters. The Morgan fingerprint density at radius 3 is 2.47 bits per heavy atom. The monoisotopic (exact) mass is 218 g/mol. The maximum absolute atomic E-state index is 5.65. The van der Waals surface area contributed by atoms with Gasteiger partial charge >= 0.3 is 0 Å². The third-order valence-corrected chi connectivity index (χ3v) is 3.45. The van der Waals surface area contributed by atoms with Crippen molar-refractivity contribution in [3.05, 3.63) is 34.8 Å². The summed E-state index contributed by atoms with van der Waals surface area (Å²) in [5.41, 5.74) is 8.79. The number of nitrogens with two attached hydrogens (primary N) is 1. The molecule has 2 nitrogen and oxygen atoms in total. The zero-order chi connectivity index (χ0) is 10.8.